The lowest BCUT2D eigenvalue weighted by molar-refractivity contribution is 0.355. The van der Waals surface area contributed by atoms with E-state index in [1.54, 1.807) is 18.2 Å². The topological polar surface area (TPSA) is 88.8 Å². The highest BCUT2D eigenvalue weighted by Gasteiger charge is 2.24. The number of likely N-dealkylation sites (N-methyl/N-ethyl adjacent to an activating group) is 1. The number of hydrogen-bond donors (Lipinski definition) is 1. The summed E-state index contributed by atoms with van der Waals surface area (Å²) in [6, 6.07) is 11.6. The van der Waals surface area contributed by atoms with Gasteiger partial charge in [0.1, 0.15) is 0 Å². The summed E-state index contributed by atoms with van der Waals surface area (Å²) in [6.07, 6.45) is 0. The molecule has 7 heteroatoms. The Morgan fingerprint density at radius 3 is 2.31 bits per heavy atom. The molecule has 2 heterocycles. The second-order valence-corrected chi connectivity index (χ2v) is 7.35. The van der Waals surface area contributed by atoms with Crippen LogP contribution in [-0.2, 0) is 6.54 Å². The standard InChI is InChI=1S/C22H18N2O5/c1-23(2)9-10-24-21(26)17-14-11-12(25)7-8-13(14)19-20(18(17)22(24)27)29-16-6-4-3-5-15(16)28-19/h3-8,11,26H,9-10H2,1-2H3. The Morgan fingerprint density at radius 1 is 0.931 bits per heavy atom. The number of nitrogens with zero attached hydrogens (tertiary/aromatic N) is 2. The Hall–Kier alpha value is -3.58. The number of benzene rings is 3. The van der Waals surface area contributed by atoms with E-state index in [0.29, 0.717) is 46.0 Å². The van der Waals surface area contributed by atoms with Gasteiger partial charge in [-0.15, -0.1) is 0 Å². The molecule has 29 heavy (non-hydrogen) atoms. The zero-order valence-electron chi connectivity index (χ0n) is 15.9. The van der Waals surface area contributed by atoms with Gasteiger partial charge < -0.3 is 18.8 Å². The van der Waals surface area contributed by atoms with E-state index >= 15 is 0 Å². The van der Waals surface area contributed by atoms with Gasteiger partial charge in [0.2, 0.25) is 5.88 Å². The summed E-state index contributed by atoms with van der Waals surface area (Å²) in [5, 5.41) is 12.5. The number of hydrogen-bond acceptors (Lipinski definition) is 6. The zero-order valence-corrected chi connectivity index (χ0v) is 15.9. The van der Waals surface area contributed by atoms with Gasteiger partial charge in [-0.2, -0.15) is 0 Å². The van der Waals surface area contributed by atoms with Crippen molar-refractivity contribution < 1.29 is 13.9 Å². The second kappa shape index (κ2) is 6.22. The molecule has 0 radical (unpaired) electrons. The number of para-hydroxylation sites is 2. The van der Waals surface area contributed by atoms with Crippen molar-refractivity contribution in [2.45, 2.75) is 6.54 Å². The van der Waals surface area contributed by atoms with E-state index in [0.717, 1.165) is 0 Å². The van der Waals surface area contributed by atoms with Gasteiger partial charge in [0.05, 0.1) is 10.8 Å². The normalized spacial score (nSPS) is 12.1. The molecule has 0 aliphatic heterocycles. The summed E-state index contributed by atoms with van der Waals surface area (Å²) in [7, 11) is 3.78. The van der Waals surface area contributed by atoms with Gasteiger partial charge in [0.25, 0.3) is 5.56 Å². The van der Waals surface area contributed by atoms with E-state index in [4.69, 9.17) is 8.83 Å². The SMILES string of the molecule is CN(C)CCn1c(O)c2c3cc(=O)ccc3c3oc4ccccc4oc3c2c1=O. The first-order chi connectivity index (χ1) is 14.0. The third-order valence-electron chi connectivity index (χ3n) is 5.17. The fourth-order valence-electron chi connectivity index (χ4n) is 3.76. The average molecular weight is 390 g/mol. The molecule has 146 valence electrons. The molecule has 0 atom stereocenters. The fourth-order valence-corrected chi connectivity index (χ4v) is 3.76. The van der Waals surface area contributed by atoms with Crippen LogP contribution in [0.15, 0.2) is 60.9 Å². The summed E-state index contributed by atoms with van der Waals surface area (Å²) in [5.41, 5.74) is 1.04. The van der Waals surface area contributed by atoms with Crippen molar-refractivity contribution in [3.05, 3.63) is 63.0 Å². The summed E-state index contributed by atoms with van der Waals surface area (Å²) in [6.45, 7) is 0.869. The molecule has 0 bridgehead atoms. The van der Waals surface area contributed by atoms with Gasteiger partial charge in [-0.1, -0.05) is 12.1 Å². The van der Waals surface area contributed by atoms with E-state index in [1.165, 1.54) is 16.7 Å². The highest BCUT2D eigenvalue weighted by Crippen LogP contribution is 2.39. The Kier molecular flexibility index (Phi) is 3.75. The first-order valence-electron chi connectivity index (χ1n) is 9.24. The molecule has 0 unspecified atom stereocenters. The van der Waals surface area contributed by atoms with Crippen molar-refractivity contribution in [2.75, 3.05) is 20.6 Å². The molecule has 3 aromatic carbocycles. The lowest BCUT2D eigenvalue weighted by Gasteiger charge is -2.10. The number of aromatic nitrogens is 1. The molecule has 2 aromatic heterocycles. The van der Waals surface area contributed by atoms with Crippen LogP contribution in [-0.4, -0.2) is 35.2 Å². The maximum Gasteiger partial charge on any atom is 0.265 e. The van der Waals surface area contributed by atoms with Crippen LogP contribution in [0.4, 0.5) is 0 Å². The molecule has 0 aliphatic carbocycles. The lowest BCUT2D eigenvalue weighted by atomic mass is 10.0. The molecule has 5 rings (SSSR count). The third kappa shape index (κ3) is 2.55. The fraction of sp³-hybridized carbons (Fsp3) is 0.182. The summed E-state index contributed by atoms with van der Waals surface area (Å²) in [5.74, 6) is -0.173. The predicted octanol–water partition coefficient (Wildman–Crippen LogP) is 3.27. The smallest absolute Gasteiger partial charge is 0.265 e. The van der Waals surface area contributed by atoms with Crippen LogP contribution in [0.1, 0.15) is 0 Å². The quantitative estimate of drug-likeness (QED) is 0.376. The van der Waals surface area contributed by atoms with Crippen molar-refractivity contribution >= 4 is 43.9 Å². The largest absolute Gasteiger partial charge is 0.494 e. The Balaban J connectivity index is 2.03. The predicted molar refractivity (Wildman–Crippen MR) is 112 cm³/mol. The van der Waals surface area contributed by atoms with Gasteiger partial charge in [-0.25, -0.2) is 0 Å². The van der Waals surface area contributed by atoms with Crippen LogP contribution in [0.25, 0.3) is 43.9 Å². The van der Waals surface area contributed by atoms with Gasteiger partial charge in [0, 0.05) is 23.9 Å². The molecule has 1 N–H and O–H groups in total. The van der Waals surface area contributed by atoms with E-state index in [-0.39, 0.29) is 27.8 Å². The van der Waals surface area contributed by atoms with Crippen molar-refractivity contribution in [1.82, 2.24) is 9.47 Å². The van der Waals surface area contributed by atoms with Crippen LogP contribution in [0, 0.1) is 0 Å². The van der Waals surface area contributed by atoms with Crippen molar-refractivity contribution in [2.24, 2.45) is 0 Å². The summed E-state index contributed by atoms with van der Waals surface area (Å²) >= 11 is 0. The van der Waals surface area contributed by atoms with Crippen molar-refractivity contribution in [1.29, 1.82) is 0 Å². The monoisotopic (exact) mass is 390 g/mol. The zero-order chi connectivity index (χ0) is 20.3. The van der Waals surface area contributed by atoms with Crippen molar-refractivity contribution in [3.8, 4) is 5.88 Å². The van der Waals surface area contributed by atoms with Gasteiger partial charge in [-0.05, 0) is 44.4 Å². The highest BCUT2D eigenvalue weighted by atomic mass is 16.4. The van der Waals surface area contributed by atoms with Gasteiger partial charge in [-0.3, -0.25) is 14.2 Å². The average Bonchev–Trinajstić information content (AvgIpc) is 2.95. The highest BCUT2D eigenvalue weighted by molar-refractivity contribution is 6.23. The maximum absolute atomic E-state index is 13.2. The Bertz CT molecular complexity index is 1540. The van der Waals surface area contributed by atoms with E-state index < -0.39 is 0 Å². The third-order valence-corrected chi connectivity index (χ3v) is 5.17. The number of fused-ring (bicyclic) bond motifs is 7. The molecule has 0 saturated heterocycles. The molecule has 0 aliphatic rings. The molecule has 0 spiro atoms. The molecule has 5 aromatic rings. The van der Waals surface area contributed by atoms with E-state index in [9.17, 15) is 14.7 Å². The minimum absolute atomic E-state index is 0.173. The molecular weight excluding hydrogens is 372 g/mol. The van der Waals surface area contributed by atoms with Crippen LogP contribution in [0.3, 0.4) is 0 Å². The second-order valence-electron chi connectivity index (χ2n) is 7.35. The minimum atomic E-state index is -0.378. The van der Waals surface area contributed by atoms with Gasteiger partial charge in [0.15, 0.2) is 27.8 Å². The maximum atomic E-state index is 13.2. The molecular formula is C22H18N2O5. The molecule has 0 fully saturated rings. The van der Waals surface area contributed by atoms with Crippen LogP contribution in [0.2, 0.25) is 0 Å². The van der Waals surface area contributed by atoms with Crippen LogP contribution < -0.4 is 11.0 Å². The molecule has 0 amide bonds. The van der Waals surface area contributed by atoms with Crippen LogP contribution in [0.5, 0.6) is 5.88 Å². The lowest BCUT2D eigenvalue weighted by Crippen LogP contribution is -2.23. The molecule has 7 nitrogen and oxygen atoms in total. The summed E-state index contributed by atoms with van der Waals surface area (Å²) < 4.78 is 13.5. The van der Waals surface area contributed by atoms with Crippen molar-refractivity contribution in [3.63, 3.8) is 0 Å². The minimum Gasteiger partial charge on any atom is -0.494 e. The van der Waals surface area contributed by atoms with E-state index in [2.05, 4.69) is 0 Å². The molecule has 0 saturated carbocycles. The first kappa shape index (κ1) is 17.5. The van der Waals surface area contributed by atoms with Gasteiger partial charge >= 0.3 is 0 Å². The number of rotatable bonds is 3. The Labute approximate surface area is 164 Å². The Morgan fingerprint density at radius 2 is 1.62 bits per heavy atom. The first-order valence-corrected chi connectivity index (χ1v) is 9.24. The van der Waals surface area contributed by atoms with E-state index in [1.807, 2.05) is 31.1 Å². The summed E-state index contributed by atoms with van der Waals surface area (Å²) in [4.78, 5) is 27.2. The number of aromatic hydroxyl groups is 1. The van der Waals surface area contributed by atoms with Crippen LogP contribution >= 0.6 is 0 Å².